The number of benzene rings is 1. The summed E-state index contributed by atoms with van der Waals surface area (Å²) in [5, 5.41) is 7.24. The maximum Gasteiger partial charge on any atom is 0.426 e. The summed E-state index contributed by atoms with van der Waals surface area (Å²) in [4.78, 5) is 4.07. The Morgan fingerprint density at radius 3 is 2.41 bits per heavy atom. The number of pyridine rings is 1. The molecular formula is C18H16F3N3O3. The van der Waals surface area contributed by atoms with E-state index in [4.69, 9.17) is 13.9 Å². The van der Waals surface area contributed by atoms with Gasteiger partial charge in [-0.25, -0.2) is 4.98 Å². The van der Waals surface area contributed by atoms with Crippen LogP contribution in [0.15, 0.2) is 52.9 Å². The largest absolute Gasteiger partial charge is 0.481 e. The average Bonchev–Trinajstić information content (AvgIpc) is 3.17. The maximum atomic E-state index is 13.7. The highest BCUT2D eigenvalue weighted by molar-refractivity contribution is 5.47. The van der Waals surface area contributed by atoms with Crippen LogP contribution in [-0.4, -0.2) is 28.5 Å². The van der Waals surface area contributed by atoms with Gasteiger partial charge in [0.25, 0.3) is 11.8 Å². The Bertz CT molecular complexity index is 899. The minimum absolute atomic E-state index is 0.164. The van der Waals surface area contributed by atoms with E-state index in [9.17, 15) is 13.2 Å². The summed E-state index contributed by atoms with van der Waals surface area (Å²) in [7, 11) is 1.42. The van der Waals surface area contributed by atoms with Crippen molar-refractivity contribution in [3.05, 3.63) is 60.0 Å². The highest BCUT2D eigenvalue weighted by Crippen LogP contribution is 2.42. The van der Waals surface area contributed by atoms with E-state index >= 15 is 0 Å². The first-order valence-electron chi connectivity index (χ1n) is 7.93. The fourth-order valence-electron chi connectivity index (χ4n) is 2.23. The van der Waals surface area contributed by atoms with Gasteiger partial charge in [-0.3, -0.25) is 0 Å². The van der Waals surface area contributed by atoms with Gasteiger partial charge in [-0.15, -0.1) is 10.2 Å². The molecule has 3 aromatic rings. The van der Waals surface area contributed by atoms with Crippen molar-refractivity contribution >= 4 is 0 Å². The zero-order chi connectivity index (χ0) is 19.5. The Labute approximate surface area is 153 Å². The van der Waals surface area contributed by atoms with Crippen LogP contribution in [0.2, 0.25) is 0 Å². The van der Waals surface area contributed by atoms with E-state index in [2.05, 4.69) is 15.2 Å². The molecule has 0 amide bonds. The second-order valence-corrected chi connectivity index (χ2v) is 5.78. The first-order valence-corrected chi connectivity index (χ1v) is 7.93. The number of aromatic nitrogens is 3. The Balaban J connectivity index is 1.90. The van der Waals surface area contributed by atoms with Gasteiger partial charge in [0.05, 0.1) is 13.7 Å². The molecule has 0 spiro atoms. The van der Waals surface area contributed by atoms with Crippen LogP contribution in [0.25, 0.3) is 11.6 Å². The van der Waals surface area contributed by atoms with Crippen LogP contribution in [-0.2, 0) is 16.9 Å². The van der Waals surface area contributed by atoms with E-state index in [0.717, 1.165) is 6.92 Å². The highest BCUT2D eigenvalue weighted by atomic mass is 19.4. The predicted molar refractivity (Wildman–Crippen MR) is 88.7 cm³/mol. The predicted octanol–water partition coefficient (Wildman–Crippen LogP) is 4.13. The van der Waals surface area contributed by atoms with Crippen LogP contribution in [0.4, 0.5) is 13.2 Å². The lowest BCUT2D eigenvalue weighted by molar-refractivity contribution is -0.289. The van der Waals surface area contributed by atoms with Crippen LogP contribution in [0.3, 0.4) is 0 Å². The Kier molecular flexibility index (Phi) is 5.13. The molecule has 9 heteroatoms. The quantitative estimate of drug-likeness (QED) is 0.641. The molecule has 1 atom stereocenters. The van der Waals surface area contributed by atoms with Crippen LogP contribution in [0, 0.1) is 0 Å². The molecule has 27 heavy (non-hydrogen) atoms. The summed E-state index contributed by atoms with van der Waals surface area (Å²) in [6.07, 6.45) is -4.77. The number of rotatable bonds is 6. The van der Waals surface area contributed by atoms with Gasteiger partial charge in [0.1, 0.15) is 5.69 Å². The second kappa shape index (κ2) is 7.36. The van der Waals surface area contributed by atoms with Gasteiger partial charge in [-0.05, 0) is 18.6 Å². The third-order valence-electron chi connectivity index (χ3n) is 3.90. The normalized spacial score (nSPS) is 14.0. The van der Waals surface area contributed by atoms with Crippen molar-refractivity contribution in [2.45, 2.75) is 25.3 Å². The molecule has 0 aliphatic rings. The van der Waals surface area contributed by atoms with E-state index < -0.39 is 17.7 Å². The van der Waals surface area contributed by atoms with E-state index in [1.165, 1.54) is 13.2 Å². The molecule has 0 aliphatic carbocycles. The molecule has 2 aromatic heterocycles. The van der Waals surface area contributed by atoms with Crippen LogP contribution in [0.5, 0.6) is 5.88 Å². The monoisotopic (exact) mass is 379 g/mol. The number of nitrogens with zero attached hydrogens (tertiary/aromatic N) is 3. The summed E-state index contributed by atoms with van der Waals surface area (Å²) in [6.45, 7) is 0.582. The van der Waals surface area contributed by atoms with Gasteiger partial charge in [0, 0.05) is 6.07 Å². The van der Waals surface area contributed by atoms with Crippen LogP contribution in [0.1, 0.15) is 18.4 Å². The molecule has 0 aliphatic heterocycles. The molecule has 142 valence electrons. The van der Waals surface area contributed by atoms with Crippen LogP contribution < -0.4 is 4.74 Å². The Morgan fingerprint density at radius 2 is 1.74 bits per heavy atom. The minimum Gasteiger partial charge on any atom is -0.481 e. The lowest BCUT2D eigenvalue weighted by Gasteiger charge is -2.28. The van der Waals surface area contributed by atoms with Gasteiger partial charge in [0.15, 0.2) is 0 Å². The van der Waals surface area contributed by atoms with Crippen molar-refractivity contribution in [1.29, 1.82) is 0 Å². The zero-order valence-corrected chi connectivity index (χ0v) is 14.5. The maximum absolute atomic E-state index is 13.7. The minimum atomic E-state index is -4.77. The summed E-state index contributed by atoms with van der Waals surface area (Å²) < 4.78 is 56.6. The van der Waals surface area contributed by atoms with Gasteiger partial charge in [-0.2, -0.15) is 13.2 Å². The van der Waals surface area contributed by atoms with Gasteiger partial charge in [-0.1, -0.05) is 36.4 Å². The third-order valence-corrected chi connectivity index (χ3v) is 3.90. The SMILES string of the molecule is COc1cccc(-c2nnc(C(C)(OCc3ccccc3)C(F)(F)F)o2)n1. The molecular weight excluding hydrogens is 363 g/mol. The van der Waals surface area contributed by atoms with E-state index in [-0.39, 0.29) is 24.1 Å². The van der Waals surface area contributed by atoms with Crippen molar-refractivity contribution < 1.29 is 27.1 Å². The van der Waals surface area contributed by atoms with Crippen molar-refractivity contribution in [2.75, 3.05) is 7.11 Å². The Hall–Kier alpha value is -2.94. The molecule has 0 saturated heterocycles. The van der Waals surface area contributed by atoms with E-state index in [1.807, 2.05) is 0 Å². The lowest BCUT2D eigenvalue weighted by atomic mass is 10.1. The second-order valence-electron chi connectivity index (χ2n) is 5.78. The number of halogens is 3. The Morgan fingerprint density at radius 1 is 1.00 bits per heavy atom. The van der Waals surface area contributed by atoms with Crippen LogP contribution >= 0.6 is 0 Å². The summed E-state index contributed by atoms with van der Waals surface area (Å²) in [5.74, 6) is -0.598. The topological polar surface area (TPSA) is 70.3 Å². The fourth-order valence-corrected chi connectivity index (χ4v) is 2.23. The van der Waals surface area contributed by atoms with Gasteiger partial charge in [0.2, 0.25) is 11.5 Å². The standard InChI is InChI=1S/C18H16F3N3O3/c1-17(18(19,20)21,26-11-12-7-4-3-5-8-12)16-24-23-15(27-16)13-9-6-10-14(22-13)25-2/h3-10H,11H2,1-2H3. The van der Waals surface area contributed by atoms with Gasteiger partial charge >= 0.3 is 6.18 Å². The molecule has 1 aromatic carbocycles. The molecule has 0 N–H and O–H groups in total. The summed E-state index contributed by atoms with van der Waals surface area (Å²) in [5.41, 5.74) is -1.99. The fraction of sp³-hybridized carbons (Fsp3) is 0.278. The number of ether oxygens (including phenoxy) is 2. The first kappa shape index (κ1) is 18.8. The number of hydrogen-bond donors (Lipinski definition) is 0. The molecule has 0 bridgehead atoms. The van der Waals surface area contributed by atoms with Crippen molar-refractivity contribution in [1.82, 2.24) is 15.2 Å². The number of alkyl halides is 3. The van der Waals surface area contributed by atoms with E-state index in [1.54, 1.807) is 42.5 Å². The molecule has 3 rings (SSSR count). The molecule has 0 radical (unpaired) electrons. The molecule has 0 fully saturated rings. The smallest absolute Gasteiger partial charge is 0.426 e. The molecule has 0 saturated carbocycles. The first-order chi connectivity index (χ1) is 12.8. The summed E-state index contributed by atoms with van der Waals surface area (Å²) in [6, 6.07) is 13.2. The van der Waals surface area contributed by atoms with E-state index in [0.29, 0.717) is 5.56 Å². The number of methoxy groups -OCH3 is 1. The lowest BCUT2D eigenvalue weighted by Crippen LogP contribution is -2.42. The summed E-state index contributed by atoms with van der Waals surface area (Å²) >= 11 is 0. The van der Waals surface area contributed by atoms with Gasteiger partial charge < -0.3 is 13.9 Å². The highest BCUT2D eigenvalue weighted by Gasteiger charge is 2.58. The van der Waals surface area contributed by atoms with Crippen molar-refractivity contribution in [2.24, 2.45) is 0 Å². The molecule has 2 heterocycles. The third kappa shape index (κ3) is 3.92. The average molecular weight is 379 g/mol. The molecule has 6 nitrogen and oxygen atoms in total. The molecule has 1 unspecified atom stereocenters. The van der Waals surface area contributed by atoms with Crippen molar-refractivity contribution in [3.8, 4) is 17.5 Å². The van der Waals surface area contributed by atoms with Crippen molar-refractivity contribution in [3.63, 3.8) is 0 Å². The number of hydrogen-bond acceptors (Lipinski definition) is 6. The zero-order valence-electron chi connectivity index (χ0n) is 14.5.